The van der Waals surface area contributed by atoms with Crippen molar-refractivity contribution in [2.24, 2.45) is 5.92 Å². The molecule has 0 radical (unpaired) electrons. The standard InChI is InChI=1S/C10H23NO/c1-5-6-10(3,4)11-7-9(2)8-12/h9,11-12H,5-8H2,1-4H3. The molecule has 0 aromatic heterocycles. The lowest BCUT2D eigenvalue weighted by atomic mass is 9.98. The molecule has 0 aliphatic rings. The normalized spacial score (nSPS) is 14.8. The second kappa shape index (κ2) is 5.55. The molecule has 0 bridgehead atoms. The van der Waals surface area contributed by atoms with Gasteiger partial charge in [-0.2, -0.15) is 0 Å². The number of nitrogens with one attached hydrogen (secondary N) is 1. The van der Waals surface area contributed by atoms with Crippen LogP contribution in [0.3, 0.4) is 0 Å². The van der Waals surface area contributed by atoms with Crippen LogP contribution in [0.25, 0.3) is 0 Å². The topological polar surface area (TPSA) is 32.3 Å². The quantitative estimate of drug-likeness (QED) is 0.642. The summed E-state index contributed by atoms with van der Waals surface area (Å²) in [4.78, 5) is 0. The molecule has 2 N–H and O–H groups in total. The Balaban J connectivity index is 3.59. The van der Waals surface area contributed by atoms with Crippen LogP contribution in [0.5, 0.6) is 0 Å². The fourth-order valence-corrected chi connectivity index (χ4v) is 1.23. The van der Waals surface area contributed by atoms with Crippen LogP contribution < -0.4 is 5.32 Å². The van der Waals surface area contributed by atoms with Crippen molar-refractivity contribution in [3.8, 4) is 0 Å². The molecular formula is C10H23NO. The first kappa shape index (κ1) is 11.9. The van der Waals surface area contributed by atoms with E-state index in [0.717, 1.165) is 6.54 Å². The van der Waals surface area contributed by atoms with E-state index in [1.807, 2.05) is 0 Å². The van der Waals surface area contributed by atoms with Crippen LogP contribution in [0, 0.1) is 5.92 Å². The molecule has 0 aliphatic heterocycles. The summed E-state index contributed by atoms with van der Waals surface area (Å²) in [5, 5.41) is 12.3. The largest absolute Gasteiger partial charge is 0.396 e. The lowest BCUT2D eigenvalue weighted by Gasteiger charge is -2.27. The van der Waals surface area contributed by atoms with Gasteiger partial charge in [-0.15, -0.1) is 0 Å². The van der Waals surface area contributed by atoms with Crippen LogP contribution in [0.2, 0.25) is 0 Å². The summed E-state index contributed by atoms with van der Waals surface area (Å²) in [5.41, 5.74) is 0.220. The van der Waals surface area contributed by atoms with Gasteiger partial charge in [0.05, 0.1) is 0 Å². The van der Waals surface area contributed by atoms with Gasteiger partial charge in [-0.1, -0.05) is 20.3 Å². The molecule has 0 amide bonds. The predicted octanol–water partition coefficient (Wildman–Crippen LogP) is 1.78. The van der Waals surface area contributed by atoms with Gasteiger partial charge < -0.3 is 10.4 Å². The van der Waals surface area contributed by atoms with E-state index in [1.165, 1.54) is 12.8 Å². The van der Waals surface area contributed by atoms with Crippen molar-refractivity contribution < 1.29 is 5.11 Å². The molecule has 0 saturated heterocycles. The van der Waals surface area contributed by atoms with E-state index < -0.39 is 0 Å². The lowest BCUT2D eigenvalue weighted by Crippen LogP contribution is -2.41. The van der Waals surface area contributed by atoms with E-state index in [2.05, 4.69) is 33.0 Å². The molecule has 2 heteroatoms. The molecule has 0 saturated carbocycles. The monoisotopic (exact) mass is 173 g/mol. The molecular weight excluding hydrogens is 150 g/mol. The summed E-state index contributed by atoms with van der Waals surface area (Å²) in [5.74, 6) is 0.362. The van der Waals surface area contributed by atoms with Crippen LogP contribution in [-0.2, 0) is 0 Å². The van der Waals surface area contributed by atoms with E-state index >= 15 is 0 Å². The van der Waals surface area contributed by atoms with Crippen molar-refractivity contribution in [1.29, 1.82) is 0 Å². The number of aliphatic hydroxyl groups excluding tert-OH is 1. The van der Waals surface area contributed by atoms with Crippen LogP contribution in [-0.4, -0.2) is 23.8 Å². The highest BCUT2D eigenvalue weighted by Crippen LogP contribution is 2.10. The first-order chi connectivity index (χ1) is 5.52. The maximum Gasteiger partial charge on any atom is 0.0468 e. The van der Waals surface area contributed by atoms with E-state index in [0.29, 0.717) is 5.92 Å². The molecule has 12 heavy (non-hydrogen) atoms. The zero-order valence-corrected chi connectivity index (χ0v) is 8.85. The van der Waals surface area contributed by atoms with E-state index in [-0.39, 0.29) is 12.1 Å². The minimum absolute atomic E-state index is 0.220. The van der Waals surface area contributed by atoms with Crippen molar-refractivity contribution in [1.82, 2.24) is 5.32 Å². The first-order valence-electron chi connectivity index (χ1n) is 4.87. The van der Waals surface area contributed by atoms with Crippen LogP contribution >= 0.6 is 0 Å². The average molecular weight is 173 g/mol. The van der Waals surface area contributed by atoms with Crippen molar-refractivity contribution >= 4 is 0 Å². The van der Waals surface area contributed by atoms with Gasteiger partial charge in [0.1, 0.15) is 0 Å². The molecule has 0 aromatic carbocycles. The third-order valence-corrected chi connectivity index (χ3v) is 2.12. The molecule has 0 aromatic rings. The number of rotatable bonds is 6. The molecule has 1 atom stereocenters. The zero-order chi connectivity index (χ0) is 9.61. The minimum atomic E-state index is 0.220. The molecule has 0 aliphatic carbocycles. The van der Waals surface area contributed by atoms with Gasteiger partial charge >= 0.3 is 0 Å². The summed E-state index contributed by atoms with van der Waals surface area (Å²) >= 11 is 0. The summed E-state index contributed by atoms with van der Waals surface area (Å²) < 4.78 is 0. The highest BCUT2D eigenvalue weighted by Gasteiger charge is 2.15. The van der Waals surface area contributed by atoms with Gasteiger partial charge in [-0.05, 0) is 26.2 Å². The van der Waals surface area contributed by atoms with E-state index in [4.69, 9.17) is 5.11 Å². The molecule has 0 rings (SSSR count). The second-order valence-corrected chi connectivity index (χ2v) is 4.30. The summed E-state index contributed by atoms with van der Waals surface area (Å²) in [6.07, 6.45) is 2.39. The fraction of sp³-hybridized carbons (Fsp3) is 1.00. The van der Waals surface area contributed by atoms with Crippen molar-refractivity contribution in [2.75, 3.05) is 13.2 Å². The van der Waals surface area contributed by atoms with Gasteiger partial charge in [0.2, 0.25) is 0 Å². The van der Waals surface area contributed by atoms with Crippen LogP contribution in [0.1, 0.15) is 40.5 Å². The van der Waals surface area contributed by atoms with Gasteiger partial charge in [0, 0.05) is 18.7 Å². The highest BCUT2D eigenvalue weighted by atomic mass is 16.3. The third kappa shape index (κ3) is 5.56. The molecule has 0 spiro atoms. The SMILES string of the molecule is CCCC(C)(C)NCC(C)CO. The number of hydrogen-bond donors (Lipinski definition) is 2. The molecule has 2 nitrogen and oxygen atoms in total. The first-order valence-corrected chi connectivity index (χ1v) is 4.87. The lowest BCUT2D eigenvalue weighted by molar-refractivity contribution is 0.219. The van der Waals surface area contributed by atoms with E-state index in [9.17, 15) is 0 Å². The van der Waals surface area contributed by atoms with Gasteiger partial charge in [-0.3, -0.25) is 0 Å². The summed E-state index contributed by atoms with van der Waals surface area (Å²) in [6.45, 7) is 9.84. The summed E-state index contributed by atoms with van der Waals surface area (Å²) in [6, 6.07) is 0. The predicted molar refractivity (Wildman–Crippen MR) is 53.2 cm³/mol. The van der Waals surface area contributed by atoms with Crippen LogP contribution in [0.15, 0.2) is 0 Å². The molecule has 0 heterocycles. The van der Waals surface area contributed by atoms with Crippen LogP contribution in [0.4, 0.5) is 0 Å². The van der Waals surface area contributed by atoms with Gasteiger partial charge in [0.25, 0.3) is 0 Å². The Hall–Kier alpha value is -0.0800. The third-order valence-electron chi connectivity index (χ3n) is 2.12. The Morgan fingerprint density at radius 1 is 1.42 bits per heavy atom. The second-order valence-electron chi connectivity index (χ2n) is 4.30. The Bertz CT molecular complexity index is 112. The number of aliphatic hydroxyl groups is 1. The van der Waals surface area contributed by atoms with Crippen molar-refractivity contribution in [3.05, 3.63) is 0 Å². The number of hydrogen-bond acceptors (Lipinski definition) is 2. The van der Waals surface area contributed by atoms with Gasteiger partial charge in [-0.25, -0.2) is 0 Å². The highest BCUT2D eigenvalue weighted by molar-refractivity contribution is 4.77. The average Bonchev–Trinajstić information content (AvgIpc) is 2.00. The summed E-state index contributed by atoms with van der Waals surface area (Å²) in [7, 11) is 0. The molecule has 1 unspecified atom stereocenters. The van der Waals surface area contributed by atoms with Gasteiger partial charge in [0.15, 0.2) is 0 Å². The molecule has 74 valence electrons. The Kier molecular flexibility index (Phi) is 5.51. The zero-order valence-electron chi connectivity index (χ0n) is 8.85. The van der Waals surface area contributed by atoms with E-state index in [1.54, 1.807) is 0 Å². The Labute approximate surface area is 76.4 Å². The van der Waals surface area contributed by atoms with Crippen molar-refractivity contribution in [3.63, 3.8) is 0 Å². The Morgan fingerprint density at radius 3 is 2.42 bits per heavy atom. The molecule has 0 fully saturated rings. The Morgan fingerprint density at radius 2 is 2.00 bits per heavy atom. The minimum Gasteiger partial charge on any atom is -0.396 e. The maximum absolute atomic E-state index is 8.82. The maximum atomic E-state index is 8.82. The fourth-order valence-electron chi connectivity index (χ4n) is 1.23. The smallest absolute Gasteiger partial charge is 0.0468 e. The van der Waals surface area contributed by atoms with Crippen molar-refractivity contribution in [2.45, 2.75) is 46.1 Å².